The van der Waals surface area contributed by atoms with Crippen LogP contribution >= 0.6 is 0 Å². The summed E-state index contributed by atoms with van der Waals surface area (Å²) in [5, 5.41) is 3.36. The lowest BCUT2D eigenvalue weighted by Crippen LogP contribution is -2.43. The van der Waals surface area contributed by atoms with E-state index in [1.807, 2.05) is 18.2 Å². The molecule has 1 aromatic rings. The second-order valence-electron chi connectivity index (χ2n) is 5.74. The minimum atomic E-state index is 0.209. The van der Waals surface area contributed by atoms with Crippen molar-refractivity contribution in [1.82, 2.24) is 10.2 Å². The maximum absolute atomic E-state index is 12.4. The van der Waals surface area contributed by atoms with E-state index >= 15 is 0 Å². The van der Waals surface area contributed by atoms with Crippen LogP contribution < -0.4 is 10.1 Å². The van der Waals surface area contributed by atoms with E-state index in [0.29, 0.717) is 12.6 Å². The van der Waals surface area contributed by atoms with Crippen molar-refractivity contribution in [2.45, 2.75) is 25.3 Å². The molecule has 0 amide bonds. The lowest BCUT2D eigenvalue weighted by atomic mass is 10.0. The molecule has 1 fully saturated rings. The molecule has 0 saturated carbocycles. The standard InChI is InChI=1S/C16H22N2O2/c1-18(14-4-7-17-8-5-14)11-15(19)12-2-3-16-13(10-12)6-9-20-16/h2-3,10,14,17H,4-9,11H2,1H3. The third-order valence-corrected chi connectivity index (χ3v) is 4.34. The molecule has 4 heteroatoms. The molecule has 1 N–H and O–H groups in total. The van der Waals surface area contributed by atoms with E-state index in [0.717, 1.165) is 50.3 Å². The summed E-state index contributed by atoms with van der Waals surface area (Å²) in [5.74, 6) is 1.15. The number of Topliss-reactive ketones (excluding diaryl/α,β-unsaturated/α-hetero) is 1. The first kappa shape index (κ1) is 13.6. The van der Waals surface area contributed by atoms with Crippen molar-refractivity contribution in [3.8, 4) is 5.75 Å². The summed E-state index contributed by atoms with van der Waals surface area (Å²) in [7, 11) is 2.06. The summed E-state index contributed by atoms with van der Waals surface area (Å²) >= 11 is 0. The number of nitrogens with zero attached hydrogens (tertiary/aromatic N) is 1. The lowest BCUT2D eigenvalue weighted by Gasteiger charge is -2.31. The molecule has 0 atom stereocenters. The zero-order chi connectivity index (χ0) is 13.9. The normalized spacial score (nSPS) is 18.9. The van der Waals surface area contributed by atoms with Crippen molar-refractivity contribution in [2.24, 2.45) is 0 Å². The molecule has 0 spiro atoms. The molecule has 108 valence electrons. The van der Waals surface area contributed by atoms with E-state index in [1.54, 1.807) is 0 Å². The van der Waals surface area contributed by atoms with Crippen LogP contribution in [0.25, 0.3) is 0 Å². The number of carbonyl (C=O) groups excluding carboxylic acids is 1. The van der Waals surface area contributed by atoms with Gasteiger partial charge in [0.1, 0.15) is 5.75 Å². The van der Waals surface area contributed by atoms with Gasteiger partial charge in [-0.3, -0.25) is 9.69 Å². The summed E-state index contributed by atoms with van der Waals surface area (Å²) in [6.07, 6.45) is 3.17. The number of piperidine rings is 1. The summed E-state index contributed by atoms with van der Waals surface area (Å²) in [6.45, 7) is 3.35. The van der Waals surface area contributed by atoms with Gasteiger partial charge in [0.15, 0.2) is 5.78 Å². The van der Waals surface area contributed by atoms with Crippen molar-refractivity contribution >= 4 is 5.78 Å². The largest absolute Gasteiger partial charge is 0.493 e. The van der Waals surface area contributed by atoms with Crippen molar-refractivity contribution in [2.75, 3.05) is 33.3 Å². The predicted molar refractivity (Wildman–Crippen MR) is 78.5 cm³/mol. The number of ketones is 1. The Hall–Kier alpha value is -1.39. The average molecular weight is 274 g/mol. The topological polar surface area (TPSA) is 41.6 Å². The van der Waals surface area contributed by atoms with Gasteiger partial charge in [-0.15, -0.1) is 0 Å². The first-order valence-corrected chi connectivity index (χ1v) is 7.44. The Balaban J connectivity index is 1.63. The third kappa shape index (κ3) is 2.86. The number of benzene rings is 1. The summed E-state index contributed by atoms with van der Waals surface area (Å²) in [5.41, 5.74) is 1.98. The number of rotatable bonds is 4. The Kier molecular flexibility index (Phi) is 4.03. The van der Waals surface area contributed by atoms with Gasteiger partial charge in [-0.2, -0.15) is 0 Å². The first-order chi connectivity index (χ1) is 9.74. The Bertz CT molecular complexity index is 495. The van der Waals surface area contributed by atoms with Crippen LogP contribution in [0, 0.1) is 0 Å². The van der Waals surface area contributed by atoms with Crippen LogP contribution in [0.15, 0.2) is 18.2 Å². The van der Waals surface area contributed by atoms with Crippen molar-refractivity contribution in [1.29, 1.82) is 0 Å². The van der Waals surface area contributed by atoms with Crippen LogP contribution in [-0.4, -0.2) is 50.0 Å². The molecular formula is C16H22N2O2. The number of ether oxygens (including phenoxy) is 1. The fourth-order valence-electron chi connectivity index (χ4n) is 3.05. The predicted octanol–water partition coefficient (Wildman–Crippen LogP) is 1.49. The minimum absolute atomic E-state index is 0.209. The third-order valence-electron chi connectivity index (χ3n) is 4.34. The number of likely N-dealkylation sites (N-methyl/N-ethyl adjacent to an activating group) is 1. The molecule has 0 aromatic heterocycles. The molecule has 0 unspecified atom stereocenters. The van der Waals surface area contributed by atoms with Gasteiger partial charge in [-0.05, 0) is 56.7 Å². The second-order valence-corrected chi connectivity index (χ2v) is 5.74. The quantitative estimate of drug-likeness (QED) is 0.845. The van der Waals surface area contributed by atoms with E-state index in [4.69, 9.17) is 4.74 Å². The van der Waals surface area contributed by atoms with Crippen molar-refractivity contribution < 1.29 is 9.53 Å². The van der Waals surface area contributed by atoms with E-state index in [9.17, 15) is 4.79 Å². The smallest absolute Gasteiger partial charge is 0.176 e. The van der Waals surface area contributed by atoms with Gasteiger partial charge in [-0.1, -0.05) is 0 Å². The van der Waals surface area contributed by atoms with Gasteiger partial charge in [0.25, 0.3) is 0 Å². The Labute approximate surface area is 120 Å². The minimum Gasteiger partial charge on any atom is -0.493 e. The first-order valence-electron chi connectivity index (χ1n) is 7.44. The Morgan fingerprint density at radius 1 is 1.40 bits per heavy atom. The summed E-state index contributed by atoms with van der Waals surface area (Å²) in [6, 6.07) is 6.35. The zero-order valence-electron chi connectivity index (χ0n) is 12.0. The number of carbonyl (C=O) groups is 1. The Morgan fingerprint density at radius 2 is 2.20 bits per heavy atom. The molecule has 1 saturated heterocycles. The van der Waals surface area contributed by atoms with E-state index in [1.165, 1.54) is 5.56 Å². The molecule has 0 aliphatic carbocycles. The molecule has 3 rings (SSSR count). The molecule has 1 aromatic carbocycles. The fraction of sp³-hybridized carbons (Fsp3) is 0.562. The zero-order valence-corrected chi connectivity index (χ0v) is 12.0. The second kappa shape index (κ2) is 5.94. The molecule has 0 radical (unpaired) electrons. The molecule has 0 bridgehead atoms. The number of fused-ring (bicyclic) bond motifs is 1. The molecular weight excluding hydrogens is 252 g/mol. The average Bonchev–Trinajstić information content (AvgIpc) is 2.95. The van der Waals surface area contributed by atoms with Crippen molar-refractivity contribution in [3.05, 3.63) is 29.3 Å². The molecule has 2 heterocycles. The molecule has 4 nitrogen and oxygen atoms in total. The van der Waals surface area contributed by atoms with E-state index in [2.05, 4.69) is 17.3 Å². The van der Waals surface area contributed by atoms with Gasteiger partial charge in [0.2, 0.25) is 0 Å². The highest BCUT2D eigenvalue weighted by atomic mass is 16.5. The van der Waals surface area contributed by atoms with Crippen LogP contribution in [0.2, 0.25) is 0 Å². The monoisotopic (exact) mass is 274 g/mol. The fourth-order valence-corrected chi connectivity index (χ4v) is 3.05. The van der Waals surface area contributed by atoms with Crippen LogP contribution in [0.3, 0.4) is 0 Å². The van der Waals surface area contributed by atoms with Crippen LogP contribution in [0.1, 0.15) is 28.8 Å². The van der Waals surface area contributed by atoms with Gasteiger partial charge < -0.3 is 10.1 Å². The lowest BCUT2D eigenvalue weighted by molar-refractivity contribution is 0.0903. The van der Waals surface area contributed by atoms with Gasteiger partial charge in [0.05, 0.1) is 13.2 Å². The highest BCUT2D eigenvalue weighted by Crippen LogP contribution is 2.26. The summed E-state index contributed by atoms with van der Waals surface area (Å²) in [4.78, 5) is 14.6. The van der Waals surface area contributed by atoms with Crippen LogP contribution in [-0.2, 0) is 6.42 Å². The molecule has 2 aliphatic heterocycles. The SMILES string of the molecule is CN(CC(=O)c1ccc2c(c1)CCO2)C1CCNCC1. The van der Waals surface area contributed by atoms with E-state index in [-0.39, 0.29) is 5.78 Å². The van der Waals surface area contributed by atoms with Crippen LogP contribution in [0.5, 0.6) is 5.75 Å². The highest BCUT2D eigenvalue weighted by Gasteiger charge is 2.21. The van der Waals surface area contributed by atoms with Gasteiger partial charge in [-0.25, -0.2) is 0 Å². The van der Waals surface area contributed by atoms with E-state index < -0.39 is 0 Å². The van der Waals surface area contributed by atoms with Gasteiger partial charge >= 0.3 is 0 Å². The van der Waals surface area contributed by atoms with Crippen LogP contribution in [0.4, 0.5) is 0 Å². The Morgan fingerprint density at radius 3 is 3.00 bits per heavy atom. The molecule has 2 aliphatic rings. The summed E-state index contributed by atoms with van der Waals surface area (Å²) < 4.78 is 5.48. The van der Waals surface area contributed by atoms with Gasteiger partial charge in [0, 0.05) is 18.0 Å². The highest BCUT2D eigenvalue weighted by molar-refractivity contribution is 5.98. The number of hydrogen-bond acceptors (Lipinski definition) is 4. The number of nitrogens with one attached hydrogen (secondary N) is 1. The maximum atomic E-state index is 12.4. The number of hydrogen-bond donors (Lipinski definition) is 1. The van der Waals surface area contributed by atoms with Crippen molar-refractivity contribution in [3.63, 3.8) is 0 Å². The maximum Gasteiger partial charge on any atom is 0.176 e. The molecule has 20 heavy (non-hydrogen) atoms.